The Morgan fingerprint density at radius 2 is 2.22 bits per heavy atom. The van der Waals surface area contributed by atoms with Crippen molar-refractivity contribution in [1.82, 2.24) is 0 Å². The molecule has 54 valence electrons. The first kappa shape index (κ1) is 7.00. The molecule has 1 saturated carbocycles. The minimum Gasteiger partial charge on any atom is -0.323 e. The number of hydrogen-bond acceptors (Lipinski definition) is 1. The van der Waals surface area contributed by atoms with E-state index < -0.39 is 11.7 Å². The molecule has 0 aliphatic heterocycles. The van der Waals surface area contributed by atoms with Crippen LogP contribution in [0.4, 0.5) is 4.39 Å². The second-order valence-electron chi connectivity index (χ2n) is 2.99. The van der Waals surface area contributed by atoms with Crippen molar-refractivity contribution < 1.29 is 4.39 Å². The summed E-state index contributed by atoms with van der Waals surface area (Å²) in [5, 5.41) is 0. The van der Waals surface area contributed by atoms with Crippen LogP contribution in [0.1, 0.15) is 32.6 Å². The van der Waals surface area contributed by atoms with Gasteiger partial charge in [0.15, 0.2) is 0 Å². The van der Waals surface area contributed by atoms with Crippen LogP contribution >= 0.6 is 0 Å². The minimum absolute atomic E-state index is 0.407. The lowest BCUT2D eigenvalue weighted by atomic mass is 10.1. The fraction of sp³-hybridized carbons (Fsp3) is 1.00. The van der Waals surface area contributed by atoms with Crippen molar-refractivity contribution in [3.63, 3.8) is 0 Å². The van der Waals surface area contributed by atoms with E-state index in [1.807, 2.05) is 6.92 Å². The molecule has 0 bridgehead atoms. The van der Waals surface area contributed by atoms with E-state index in [1.165, 1.54) is 0 Å². The molecule has 0 aromatic carbocycles. The second kappa shape index (κ2) is 2.25. The lowest BCUT2D eigenvalue weighted by Crippen LogP contribution is -2.33. The quantitative estimate of drug-likeness (QED) is 0.618. The number of rotatable bonds is 3. The van der Waals surface area contributed by atoms with Gasteiger partial charge in [0.1, 0.15) is 6.17 Å². The van der Waals surface area contributed by atoms with Crippen LogP contribution in [0.3, 0.4) is 0 Å². The van der Waals surface area contributed by atoms with Crippen LogP contribution in [0.2, 0.25) is 0 Å². The summed E-state index contributed by atoms with van der Waals surface area (Å²) in [5.41, 5.74) is 5.19. The molecule has 0 aromatic rings. The molecule has 0 amide bonds. The Kier molecular flexibility index (Phi) is 1.75. The van der Waals surface area contributed by atoms with Crippen LogP contribution in [0.15, 0.2) is 0 Å². The van der Waals surface area contributed by atoms with Gasteiger partial charge >= 0.3 is 0 Å². The average molecular weight is 131 g/mol. The van der Waals surface area contributed by atoms with Crippen molar-refractivity contribution in [1.29, 1.82) is 0 Å². The molecule has 1 unspecified atom stereocenters. The van der Waals surface area contributed by atoms with Gasteiger partial charge in [-0.15, -0.1) is 0 Å². The van der Waals surface area contributed by atoms with Gasteiger partial charge in [0, 0.05) is 5.54 Å². The van der Waals surface area contributed by atoms with Crippen molar-refractivity contribution in [2.75, 3.05) is 0 Å². The lowest BCUT2D eigenvalue weighted by Gasteiger charge is -2.12. The molecule has 0 heterocycles. The highest BCUT2D eigenvalue weighted by Gasteiger charge is 2.45. The third kappa shape index (κ3) is 1.42. The zero-order valence-corrected chi connectivity index (χ0v) is 5.86. The molecular formula is C7H14FN. The smallest absolute Gasteiger partial charge is 0.118 e. The monoisotopic (exact) mass is 131 g/mol. The maximum Gasteiger partial charge on any atom is 0.118 e. The van der Waals surface area contributed by atoms with Gasteiger partial charge < -0.3 is 5.73 Å². The Hall–Kier alpha value is -0.110. The normalized spacial score (nSPS) is 25.7. The second-order valence-corrected chi connectivity index (χ2v) is 2.99. The molecule has 9 heavy (non-hydrogen) atoms. The number of nitrogens with two attached hydrogens (primary N) is 1. The van der Waals surface area contributed by atoms with E-state index in [4.69, 9.17) is 5.73 Å². The first-order valence-electron chi connectivity index (χ1n) is 3.62. The minimum atomic E-state index is -0.748. The molecule has 0 aromatic heterocycles. The molecule has 1 aliphatic rings. The maximum absolute atomic E-state index is 12.8. The lowest BCUT2D eigenvalue weighted by molar-refractivity contribution is 0.250. The Labute approximate surface area is 55.4 Å². The summed E-state index contributed by atoms with van der Waals surface area (Å²) in [6, 6.07) is 0. The predicted octanol–water partition coefficient (Wildman–Crippen LogP) is 1.62. The third-order valence-corrected chi connectivity index (χ3v) is 1.99. The first-order valence-corrected chi connectivity index (χ1v) is 3.62. The van der Waals surface area contributed by atoms with E-state index in [0.29, 0.717) is 6.42 Å². The number of alkyl halides is 1. The van der Waals surface area contributed by atoms with Crippen LogP contribution in [0.5, 0.6) is 0 Å². The van der Waals surface area contributed by atoms with Gasteiger partial charge in [0.2, 0.25) is 0 Å². The predicted molar refractivity (Wildman–Crippen MR) is 36.0 cm³/mol. The van der Waals surface area contributed by atoms with E-state index in [2.05, 4.69) is 0 Å². The molecule has 1 aliphatic carbocycles. The van der Waals surface area contributed by atoms with E-state index in [1.54, 1.807) is 0 Å². The van der Waals surface area contributed by atoms with E-state index in [-0.39, 0.29) is 0 Å². The summed E-state index contributed by atoms with van der Waals surface area (Å²) in [6.07, 6.45) is 2.56. The highest BCUT2D eigenvalue weighted by Crippen LogP contribution is 2.38. The zero-order valence-electron chi connectivity index (χ0n) is 5.86. The average Bonchev–Trinajstić information content (AvgIpc) is 2.50. The van der Waals surface area contributed by atoms with Crippen LogP contribution < -0.4 is 5.73 Å². The summed E-state index contributed by atoms with van der Waals surface area (Å²) in [4.78, 5) is 0. The van der Waals surface area contributed by atoms with E-state index in [0.717, 1.165) is 19.3 Å². The van der Waals surface area contributed by atoms with Gasteiger partial charge in [-0.05, 0) is 19.3 Å². The molecule has 2 heteroatoms. The molecule has 0 radical (unpaired) electrons. The number of hydrogen-bond donors (Lipinski definition) is 1. The van der Waals surface area contributed by atoms with Crippen molar-refractivity contribution in [3.05, 3.63) is 0 Å². The van der Waals surface area contributed by atoms with Gasteiger partial charge in [-0.25, -0.2) is 4.39 Å². The summed E-state index contributed by atoms with van der Waals surface area (Å²) >= 11 is 0. The van der Waals surface area contributed by atoms with Gasteiger partial charge in [0.05, 0.1) is 0 Å². The summed E-state index contributed by atoms with van der Waals surface area (Å²) in [7, 11) is 0. The molecule has 0 saturated heterocycles. The van der Waals surface area contributed by atoms with Crippen molar-refractivity contribution >= 4 is 0 Å². The van der Waals surface area contributed by atoms with Gasteiger partial charge in [-0.3, -0.25) is 0 Å². The van der Waals surface area contributed by atoms with Crippen molar-refractivity contribution in [2.45, 2.75) is 44.3 Å². The van der Waals surface area contributed by atoms with Crippen LogP contribution in [-0.4, -0.2) is 11.7 Å². The third-order valence-electron chi connectivity index (χ3n) is 1.99. The number of halogens is 1. The molecule has 1 fully saturated rings. The summed E-state index contributed by atoms with van der Waals surface area (Å²) in [5.74, 6) is 0. The largest absolute Gasteiger partial charge is 0.323 e. The summed E-state index contributed by atoms with van der Waals surface area (Å²) in [6.45, 7) is 1.98. The molecule has 1 atom stereocenters. The molecular weight excluding hydrogens is 117 g/mol. The van der Waals surface area contributed by atoms with Crippen LogP contribution in [-0.2, 0) is 0 Å². The van der Waals surface area contributed by atoms with Gasteiger partial charge in [-0.2, -0.15) is 0 Å². The van der Waals surface area contributed by atoms with Crippen molar-refractivity contribution in [2.24, 2.45) is 5.73 Å². The molecule has 1 rings (SSSR count). The van der Waals surface area contributed by atoms with E-state index >= 15 is 0 Å². The van der Waals surface area contributed by atoms with E-state index in [9.17, 15) is 4.39 Å². The Bertz CT molecular complexity index is 99.1. The van der Waals surface area contributed by atoms with Crippen LogP contribution in [0, 0.1) is 0 Å². The Balaban J connectivity index is 2.24. The topological polar surface area (TPSA) is 26.0 Å². The van der Waals surface area contributed by atoms with Crippen molar-refractivity contribution in [3.8, 4) is 0 Å². The molecule has 1 nitrogen and oxygen atoms in total. The standard InChI is InChI=1S/C7H14FN/c1-2-3-6(8)7(9)4-5-7/h6H,2-5,9H2,1H3. The molecule has 0 spiro atoms. The summed E-state index contributed by atoms with van der Waals surface area (Å²) < 4.78 is 12.8. The Morgan fingerprint density at radius 1 is 1.67 bits per heavy atom. The maximum atomic E-state index is 12.8. The Morgan fingerprint density at radius 3 is 2.56 bits per heavy atom. The fourth-order valence-corrected chi connectivity index (χ4v) is 0.998. The SMILES string of the molecule is CCCC(F)C1(N)CC1. The van der Waals surface area contributed by atoms with Gasteiger partial charge in [0.25, 0.3) is 0 Å². The highest BCUT2D eigenvalue weighted by molar-refractivity contribution is 5.04. The van der Waals surface area contributed by atoms with Gasteiger partial charge in [-0.1, -0.05) is 13.3 Å². The first-order chi connectivity index (χ1) is 4.19. The highest BCUT2D eigenvalue weighted by atomic mass is 19.1. The fourth-order valence-electron chi connectivity index (χ4n) is 0.998. The zero-order chi connectivity index (χ0) is 6.91. The molecule has 2 N–H and O–H groups in total. The van der Waals surface area contributed by atoms with Crippen LogP contribution in [0.25, 0.3) is 0 Å².